The van der Waals surface area contributed by atoms with Gasteiger partial charge in [0.05, 0.1) is 12.0 Å². The molecule has 1 aliphatic rings. The van der Waals surface area contributed by atoms with Crippen molar-refractivity contribution in [1.29, 1.82) is 0 Å². The fourth-order valence-electron chi connectivity index (χ4n) is 3.08. The van der Waals surface area contributed by atoms with Crippen LogP contribution in [-0.4, -0.2) is 43.1 Å². The topological polar surface area (TPSA) is 85.5 Å². The summed E-state index contributed by atoms with van der Waals surface area (Å²) in [7, 11) is -1.91. The number of hydrogen-bond donors (Lipinski definition) is 0. The minimum absolute atomic E-state index is 0.240. The van der Waals surface area contributed by atoms with Crippen molar-refractivity contribution >= 4 is 10.0 Å². The molecule has 0 unspecified atom stereocenters. The van der Waals surface area contributed by atoms with Gasteiger partial charge < -0.3 is 9.26 Å². The molecule has 0 aliphatic carbocycles. The first-order valence-corrected chi connectivity index (χ1v) is 10.3. The van der Waals surface area contributed by atoms with E-state index in [9.17, 15) is 8.42 Å². The van der Waals surface area contributed by atoms with E-state index in [-0.39, 0.29) is 5.92 Å². The Hall–Kier alpha value is -1.93. The van der Waals surface area contributed by atoms with Gasteiger partial charge in [-0.1, -0.05) is 19.0 Å². The van der Waals surface area contributed by atoms with E-state index in [1.54, 1.807) is 35.7 Å². The van der Waals surface area contributed by atoms with Gasteiger partial charge in [-0.3, -0.25) is 0 Å². The summed E-state index contributed by atoms with van der Waals surface area (Å²) < 4.78 is 37.5. The smallest absolute Gasteiger partial charge is 0.243 e. The Morgan fingerprint density at radius 1 is 1.23 bits per heavy atom. The van der Waals surface area contributed by atoms with Crippen molar-refractivity contribution in [2.45, 2.75) is 43.9 Å². The van der Waals surface area contributed by atoms with E-state index in [0.717, 1.165) is 18.7 Å². The fourth-order valence-corrected chi connectivity index (χ4v) is 4.55. The third-order valence-corrected chi connectivity index (χ3v) is 6.65. The highest BCUT2D eigenvalue weighted by Gasteiger charge is 2.30. The van der Waals surface area contributed by atoms with Crippen LogP contribution in [-0.2, 0) is 16.4 Å². The van der Waals surface area contributed by atoms with Crippen LogP contribution in [0, 0.1) is 5.92 Å². The molecule has 0 N–H and O–H groups in total. The average Bonchev–Trinajstić information content (AvgIpc) is 3.11. The van der Waals surface area contributed by atoms with E-state index < -0.39 is 10.0 Å². The maximum absolute atomic E-state index is 12.8. The molecule has 1 aromatic carbocycles. The Morgan fingerprint density at radius 2 is 1.88 bits per heavy atom. The summed E-state index contributed by atoms with van der Waals surface area (Å²) in [5, 5.41) is 3.99. The lowest BCUT2D eigenvalue weighted by Crippen LogP contribution is -2.38. The molecule has 1 aliphatic heterocycles. The molecule has 7 nitrogen and oxygen atoms in total. The van der Waals surface area contributed by atoms with Crippen LogP contribution >= 0.6 is 0 Å². The van der Waals surface area contributed by atoms with Gasteiger partial charge in [0, 0.05) is 25.4 Å². The maximum Gasteiger partial charge on any atom is 0.243 e. The SMILES string of the molecule is COc1ccc(S(=O)(=O)N2CCC(Cc3nc(C(C)C)no3)CC2)cc1. The van der Waals surface area contributed by atoms with Gasteiger partial charge in [-0.2, -0.15) is 9.29 Å². The summed E-state index contributed by atoms with van der Waals surface area (Å²) in [6.07, 6.45) is 2.28. The first-order chi connectivity index (χ1) is 12.4. The van der Waals surface area contributed by atoms with Gasteiger partial charge >= 0.3 is 0 Å². The predicted octanol–water partition coefficient (Wildman–Crippen LogP) is 2.85. The van der Waals surface area contributed by atoms with E-state index in [0.29, 0.717) is 42.0 Å². The summed E-state index contributed by atoms with van der Waals surface area (Å²) >= 11 is 0. The van der Waals surface area contributed by atoms with Gasteiger partial charge in [-0.15, -0.1) is 0 Å². The summed E-state index contributed by atoms with van der Waals surface area (Å²) in [6.45, 7) is 5.06. The van der Waals surface area contributed by atoms with Crippen molar-refractivity contribution in [3.63, 3.8) is 0 Å². The van der Waals surface area contributed by atoms with Crippen LogP contribution in [0.5, 0.6) is 5.75 Å². The molecular formula is C18H25N3O4S. The zero-order chi connectivity index (χ0) is 18.7. The van der Waals surface area contributed by atoms with E-state index in [2.05, 4.69) is 10.1 Å². The Balaban J connectivity index is 1.59. The molecule has 2 heterocycles. The van der Waals surface area contributed by atoms with Crippen LogP contribution in [0.4, 0.5) is 0 Å². The first-order valence-electron chi connectivity index (χ1n) is 8.87. The van der Waals surface area contributed by atoms with Gasteiger partial charge in [-0.05, 0) is 43.0 Å². The maximum atomic E-state index is 12.8. The molecule has 0 spiro atoms. The predicted molar refractivity (Wildman–Crippen MR) is 96.6 cm³/mol. The fraction of sp³-hybridized carbons (Fsp3) is 0.556. The van der Waals surface area contributed by atoms with Crippen molar-refractivity contribution in [2.24, 2.45) is 5.92 Å². The second-order valence-electron chi connectivity index (χ2n) is 6.93. The highest BCUT2D eigenvalue weighted by atomic mass is 32.2. The van der Waals surface area contributed by atoms with Crippen molar-refractivity contribution in [3.05, 3.63) is 36.0 Å². The molecule has 142 valence electrons. The van der Waals surface area contributed by atoms with E-state index in [1.165, 1.54) is 0 Å². The minimum Gasteiger partial charge on any atom is -0.497 e. The van der Waals surface area contributed by atoms with E-state index in [4.69, 9.17) is 9.26 Å². The monoisotopic (exact) mass is 379 g/mol. The lowest BCUT2D eigenvalue weighted by atomic mass is 9.95. The van der Waals surface area contributed by atoms with Gasteiger partial charge in [0.15, 0.2) is 5.82 Å². The van der Waals surface area contributed by atoms with Gasteiger partial charge in [0.1, 0.15) is 5.75 Å². The number of nitrogens with zero attached hydrogens (tertiary/aromatic N) is 3. The molecule has 3 rings (SSSR count). The van der Waals surface area contributed by atoms with Gasteiger partial charge in [0.25, 0.3) is 0 Å². The molecule has 8 heteroatoms. The molecule has 2 aromatic rings. The second-order valence-corrected chi connectivity index (χ2v) is 8.87. The molecule has 0 atom stereocenters. The molecule has 0 saturated carbocycles. The van der Waals surface area contributed by atoms with Crippen molar-refractivity contribution in [2.75, 3.05) is 20.2 Å². The molecular weight excluding hydrogens is 354 g/mol. The minimum atomic E-state index is -3.46. The van der Waals surface area contributed by atoms with Crippen molar-refractivity contribution in [1.82, 2.24) is 14.4 Å². The number of methoxy groups -OCH3 is 1. The quantitative estimate of drug-likeness (QED) is 0.767. The van der Waals surface area contributed by atoms with E-state index >= 15 is 0 Å². The number of benzene rings is 1. The van der Waals surface area contributed by atoms with Gasteiger partial charge in [-0.25, -0.2) is 8.42 Å². The van der Waals surface area contributed by atoms with Crippen LogP contribution in [0.25, 0.3) is 0 Å². The number of rotatable bonds is 6. The lowest BCUT2D eigenvalue weighted by Gasteiger charge is -2.30. The molecule has 1 fully saturated rings. The lowest BCUT2D eigenvalue weighted by molar-refractivity contribution is 0.254. The van der Waals surface area contributed by atoms with Crippen LogP contribution in [0.2, 0.25) is 0 Å². The molecule has 26 heavy (non-hydrogen) atoms. The second kappa shape index (κ2) is 7.75. The molecule has 0 amide bonds. The first kappa shape index (κ1) is 18.8. The third kappa shape index (κ3) is 4.07. The average molecular weight is 379 g/mol. The summed E-state index contributed by atoms with van der Waals surface area (Å²) in [4.78, 5) is 4.72. The Bertz CT molecular complexity index is 822. The van der Waals surface area contributed by atoms with Crippen LogP contribution in [0.3, 0.4) is 0 Å². The molecule has 0 bridgehead atoms. The largest absolute Gasteiger partial charge is 0.497 e. The Kier molecular flexibility index (Phi) is 5.62. The number of ether oxygens (including phenoxy) is 1. The summed E-state index contributed by atoms with van der Waals surface area (Å²) in [5.74, 6) is 2.61. The highest BCUT2D eigenvalue weighted by molar-refractivity contribution is 7.89. The standard InChI is InChI=1S/C18H25N3O4S/c1-13(2)18-19-17(25-20-18)12-14-8-10-21(11-9-14)26(22,23)16-6-4-15(24-3)5-7-16/h4-7,13-14H,8-12H2,1-3H3. The zero-order valence-corrected chi connectivity index (χ0v) is 16.2. The van der Waals surface area contributed by atoms with Crippen molar-refractivity contribution in [3.8, 4) is 5.75 Å². The van der Waals surface area contributed by atoms with Gasteiger partial charge in [0.2, 0.25) is 15.9 Å². The third-order valence-electron chi connectivity index (χ3n) is 4.73. The number of sulfonamides is 1. The van der Waals surface area contributed by atoms with Crippen LogP contribution < -0.4 is 4.74 Å². The van der Waals surface area contributed by atoms with E-state index in [1.807, 2.05) is 13.8 Å². The Morgan fingerprint density at radius 3 is 2.42 bits per heavy atom. The Labute approximate surface area is 154 Å². The summed E-state index contributed by atoms with van der Waals surface area (Å²) in [5.41, 5.74) is 0. The highest BCUT2D eigenvalue weighted by Crippen LogP contribution is 2.27. The van der Waals surface area contributed by atoms with Crippen LogP contribution in [0.1, 0.15) is 44.3 Å². The van der Waals surface area contributed by atoms with Crippen molar-refractivity contribution < 1.29 is 17.7 Å². The molecule has 1 saturated heterocycles. The van der Waals surface area contributed by atoms with Crippen LogP contribution in [0.15, 0.2) is 33.7 Å². The number of piperidine rings is 1. The summed E-state index contributed by atoms with van der Waals surface area (Å²) in [6, 6.07) is 6.52. The molecule has 0 radical (unpaired) electrons. The molecule has 1 aromatic heterocycles. The normalized spacial score (nSPS) is 16.9. The number of aromatic nitrogens is 2. The number of hydrogen-bond acceptors (Lipinski definition) is 6. The zero-order valence-electron chi connectivity index (χ0n) is 15.4.